The molecule has 0 saturated carbocycles. The largest absolute Gasteiger partial charge is 0.488 e. The molecule has 0 spiro atoms. The number of benzene rings is 2. The zero-order chi connectivity index (χ0) is 19.9. The Bertz CT molecular complexity index is 617. The lowest BCUT2D eigenvalue weighted by Crippen LogP contribution is -2.20. The maximum Gasteiger partial charge on any atom is 0.196 e. The Kier molecular flexibility index (Phi) is 7.69. The van der Waals surface area contributed by atoms with Crippen molar-refractivity contribution in [3.05, 3.63) is 59.7 Å². The van der Waals surface area contributed by atoms with Gasteiger partial charge in [-0.05, 0) is 56.2 Å². The third-order valence-corrected chi connectivity index (χ3v) is 4.59. The highest BCUT2D eigenvalue weighted by Gasteiger charge is 2.23. The van der Waals surface area contributed by atoms with E-state index >= 15 is 0 Å². The highest BCUT2D eigenvalue weighted by atomic mass is 16.7. The van der Waals surface area contributed by atoms with Gasteiger partial charge in [-0.2, -0.15) is 0 Å². The Hall–Kier alpha value is -2.04. The van der Waals surface area contributed by atoms with Crippen LogP contribution in [0.25, 0.3) is 0 Å². The van der Waals surface area contributed by atoms with Gasteiger partial charge in [0.25, 0.3) is 0 Å². The monoisotopic (exact) mass is 372 g/mol. The summed E-state index contributed by atoms with van der Waals surface area (Å²) in [5.41, 5.74) is 2.33. The number of methoxy groups -OCH3 is 1. The topological polar surface area (TPSA) is 36.9 Å². The average molecular weight is 373 g/mol. The summed E-state index contributed by atoms with van der Waals surface area (Å²) in [6.07, 6.45) is -0.220. The van der Waals surface area contributed by atoms with E-state index in [-0.39, 0.29) is 17.8 Å². The highest BCUT2D eigenvalue weighted by Crippen LogP contribution is 2.33. The molecule has 4 nitrogen and oxygen atoms in total. The molecule has 0 fully saturated rings. The number of hydrogen-bond donors (Lipinski definition) is 0. The summed E-state index contributed by atoms with van der Waals surface area (Å²) in [7, 11) is 1.68. The Morgan fingerprint density at radius 2 is 1.30 bits per heavy atom. The second-order valence-electron chi connectivity index (χ2n) is 7.20. The molecule has 0 aliphatic rings. The lowest BCUT2D eigenvalue weighted by atomic mass is 9.78. The summed E-state index contributed by atoms with van der Waals surface area (Å²) in [5, 5.41) is 0. The van der Waals surface area contributed by atoms with Gasteiger partial charge < -0.3 is 18.9 Å². The van der Waals surface area contributed by atoms with Gasteiger partial charge in [-0.15, -0.1) is 0 Å². The summed E-state index contributed by atoms with van der Waals surface area (Å²) < 4.78 is 22.1. The predicted molar refractivity (Wildman–Crippen MR) is 109 cm³/mol. The Morgan fingerprint density at radius 3 is 1.74 bits per heavy atom. The fourth-order valence-corrected chi connectivity index (χ4v) is 3.03. The van der Waals surface area contributed by atoms with Crippen LogP contribution in [0, 0.1) is 0 Å². The smallest absolute Gasteiger partial charge is 0.196 e. The van der Waals surface area contributed by atoms with E-state index in [1.807, 2.05) is 45.0 Å². The van der Waals surface area contributed by atoms with Gasteiger partial charge >= 0.3 is 0 Å². The van der Waals surface area contributed by atoms with Crippen LogP contribution in [0.2, 0.25) is 0 Å². The fraction of sp³-hybridized carbons (Fsp3) is 0.478. The molecule has 0 amide bonds. The lowest BCUT2D eigenvalue weighted by Gasteiger charge is -2.27. The van der Waals surface area contributed by atoms with Crippen LogP contribution in [0.4, 0.5) is 0 Å². The van der Waals surface area contributed by atoms with Crippen LogP contribution in [0.15, 0.2) is 48.5 Å². The molecule has 0 aliphatic carbocycles. The molecule has 2 aromatic carbocycles. The first kappa shape index (κ1) is 21.3. The van der Waals surface area contributed by atoms with Gasteiger partial charge in [0.1, 0.15) is 17.6 Å². The van der Waals surface area contributed by atoms with Gasteiger partial charge in [-0.25, -0.2) is 0 Å². The number of rotatable bonds is 10. The van der Waals surface area contributed by atoms with Crippen LogP contribution in [-0.2, 0) is 14.9 Å². The molecule has 2 rings (SSSR count). The summed E-state index contributed by atoms with van der Waals surface area (Å²) >= 11 is 0. The Balaban J connectivity index is 2.08. The Labute approximate surface area is 163 Å². The normalized spacial score (nSPS) is 13.9. The van der Waals surface area contributed by atoms with E-state index in [9.17, 15) is 0 Å². The molecular formula is C23H32O4. The minimum absolute atomic E-state index is 0.0282. The molecule has 4 heteroatoms. The van der Waals surface area contributed by atoms with Crippen molar-refractivity contribution in [2.75, 3.05) is 20.3 Å². The van der Waals surface area contributed by atoms with Gasteiger partial charge in [-0.1, -0.05) is 38.1 Å². The van der Waals surface area contributed by atoms with E-state index in [2.05, 4.69) is 38.1 Å². The second kappa shape index (κ2) is 9.77. The molecule has 2 unspecified atom stereocenters. The van der Waals surface area contributed by atoms with Crippen molar-refractivity contribution in [2.24, 2.45) is 0 Å². The predicted octanol–water partition coefficient (Wildman–Crippen LogP) is 5.19. The zero-order valence-corrected chi connectivity index (χ0v) is 17.3. The van der Waals surface area contributed by atoms with E-state index in [0.29, 0.717) is 13.2 Å². The third kappa shape index (κ3) is 5.98. The van der Waals surface area contributed by atoms with E-state index in [4.69, 9.17) is 18.9 Å². The summed E-state index contributed by atoms with van der Waals surface area (Å²) in [6.45, 7) is 11.5. The Morgan fingerprint density at radius 1 is 0.815 bits per heavy atom. The standard InChI is InChI=1S/C23H32O4/c1-7-25-18(3)27-22-14-10-20(11-15-22)23(4,5)19-8-12-21(13-9-19)26-17(2)16-24-6/h8-15,17-18H,7,16H2,1-6H3. The second-order valence-corrected chi connectivity index (χ2v) is 7.20. The SMILES string of the molecule is CCOC(C)Oc1ccc(C(C)(C)c2ccc(OC(C)COC)cc2)cc1. The molecule has 0 aromatic heterocycles. The van der Waals surface area contributed by atoms with Crippen LogP contribution in [-0.4, -0.2) is 32.7 Å². The van der Waals surface area contributed by atoms with E-state index in [1.165, 1.54) is 11.1 Å². The quantitative estimate of drug-likeness (QED) is 0.538. The van der Waals surface area contributed by atoms with Crippen molar-refractivity contribution in [1.29, 1.82) is 0 Å². The maximum absolute atomic E-state index is 5.85. The third-order valence-electron chi connectivity index (χ3n) is 4.59. The first-order chi connectivity index (χ1) is 12.9. The summed E-state index contributed by atoms with van der Waals surface area (Å²) in [6, 6.07) is 16.5. The van der Waals surface area contributed by atoms with Crippen molar-refractivity contribution >= 4 is 0 Å². The first-order valence-electron chi connectivity index (χ1n) is 9.51. The molecule has 0 bridgehead atoms. The zero-order valence-electron chi connectivity index (χ0n) is 17.3. The minimum atomic E-state index is -0.248. The number of hydrogen-bond acceptors (Lipinski definition) is 4. The minimum Gasteiger partial charge on any atom is -0.488 e. The number of ether oxygens (including phenoxy) is 4. The maximum atomic E-state index is 5.85. The van der Waals surface area contributed by atoms with Gasteiger partial charge in [-0.3, -0.25) is 0 Å². The van der Waals surface area contributed by atoms with Gasteiger partial charge in [0, 0.05) is 19.1 Å². The van der Waals surface area contributed by atoms with Crippen molar-refractivity contribution in [2.45, 2.75) is 52.4 Å². The van der Waals surface area contributed by atoms with Gasteiger partial charge in [0.05, 0.1) is 6.61 Å². The van der Waals surface area contributed by atoms with Gasteiger partial charge in [0.2, 0.25) is 0 Å². The van der Waals surface area contributed by atoms with E-state index in [0.717, 1.165) is 11.5 Å². The van der Waals surface area contributed by atoms with Crippen LogP contribution < -0.4 is 9.47 Å². The van der Waals surface area contributed by atoms with Crippen LogP contribution in [0.3, 0.4) is 0 Å². The lowest BCUT2D eigenvalue weighted by molar-refractivity contribution is -0.0613. The molecule has 0 N–H and O–H groups in total. The molecule has 148 valence electrons. The molecule has 0 radical (unpaired) electrons. The summed E-state index contributed by atoms with van der Waals surface area (Å²) in [5.74, 6) is 1.67. The van der Waals surface area contributed by atoms with Crippen molar-refractivity contribution < 1.29 is 18.9 Å². The van der Waals surface area contributed by atoms with Crippen LogP contribution >= 0.6 is 0 Å². The van der Waals surface area contributed by atoms with Crippen LogP contribution in [0.1, 0.15) is 45.7 Å². The molecule has 0 saturated heterocycles. The van der Waals surface area contributed by atoms with Gasteiger partial charge in [0.15, 0.2) is 6.29 Å². The highest BCUT2D eigenvalue weighted by molar-refractivity contribution is 5.41. The molecule has 0 aliphatic heterocycles. The van der Waals surface area contributed by atoms with Crippen molar-refractivity contribution in [3.63, 3.8) is 0 Å². The molecule has 27 heavy (non-hydrogen) atoms. The fourth-order valence-electron chi connectivity index (χ4n) is 3.03. The van der Waals surface area contributed by atoms with E-state index < -0.39 is 0 Å². The van der Waals surface area contributed by atoms with Crippen molar-refractivity contribution in [3.8, 4) is 11.5 Å². The molecule has 2 atom stereocenters. The van der Waals surface area contributed by atoms with E-state index in [1.54, 1.807) is 7.11 Å². The van der Waals surface area contributed by atoms with Crippen molar-refractivity contribution in [1.82, 2.24) is 0 Å². The molecular weight excluding hydrogens is 340 g/mol. The van der Waals surface area contributed by atoms with Crippen LogP contribution in [0.5, 0.6) is 11.5 Å². The molecule has 2 aromatic rings. The first-order valence-corrected chi connectivity index (χ1v) is 9.51. The summed E-state index contributed by atoms with van der Waals surface area (Å²) in [4.78, 5) is 0. The molecule has 0 heterocycles. The average Bonchev–Trinajstić information content (AvgIpc) is 2.63.